The van der Waals surface area contributed by atoms with Crippen LogP contribution in [0, 0.1) is 0 Å². The Kier molecular flexibility index (Phi) is 10.4. The normalized spacial score (nSPS) is 15.7. The summed E-state index contributed by atoms with van der Waals surface area (Å²) in [7, 11) is 1.73. The largest absolute Gasteiger partial charge is 0.343 e. The van der Waals surface area contributed by atoms with Crippen molar-refractivity contribution in [3.63, 3.8) is 0 Å². The van der Waals surface area contributed by atoms with E-state index in [0.29, 0.717) is 19.3 Å². The molecule has 1 rings (SSSR count). The predicted octanol–water partition coefficient (Wildman–Crippen LogP) is 1.49. The average molecular weight is 271 g/mol. The average Bonchev–Trinajstić information content (AvgIpc) is 2.98. The Bertz CT molecular complexity index is 263. The lowest BCUT2D eigenvalue weighted by atomic mass is 10.1. The van der Waals surface area contributed by atoms with E-state index in [1.54, 1.807) is 7.05 Å². The molecule has 0 saturated carbocycles. The van der Waals surface area contributed by atoms with E-state index in [-0.39, 0.29) is 17.7 Å². The van der Waals surface area contributed by atoms with Gasteiger partial charge in [-0.2, -0.15) is 0 Å². The van der Waals surface area contributed by atoms with Crippen molar-refractivity contribution in [2.75, 3.05) is 20.1 Å². The van der Waals surface area contributed by atoms with Gasteiger partial charge < -0.3 is 4.90 Å². The molecular formula is C14H29N3O2. The van der Waals surface area contributed by atoms with Crippen LogP contribution in [0.4, 0.5) is 0 Å². The number of nitrogens with one attached hydrogen (secondary N) is 2. The molecule has 1 amide bonds. The maximum Gasteiger partial charge on any atom is 0.222 e. The van der Waals surface area contributed by atoms with Gasteiger partial charge in [-0.3, -0.25) is 15.0 Å². The number of nitrogens with zero attached hydrogens (tertiary/aromatic N) is 1. The minimum absolute atomic E-state index is 0.147. The van der Waals surface area contributed by atoms with Crippen LogP contribution in [0.5, 0.6) is 0 Å². The maximum atomic E-state index is 11.8. The summed E-state index contributed by atoms with van der Waals surface area (Å²) in [6, 6.07) is -0.253. The fourth-order valence-corrected chi connectivity index (χ4v) is 2.13. The summed E-state index contributed by atoms with van der Waals surface area (Å²) in [6.45, 7) is 7.60. The lowest BCUT2D eigenvalue weighted by Gasteiger charge is -2.19. The Morgan fingerprint density at radius 1 is 1.21 bits per heavy atom. The first-order valence-electron chi connectivity index (χ1n) is 7.41. The minimum atomic E-state index is -0.253. The molecular weight excluding hydrogens is 242 g/mol. The van der Waals surface area contributed by atoms with Crippen molar-refractivity contribution in [1.29, 1.82) is 0 Å². The van der Waals surface area contributed by atoms with Crippen LogP contribution in [0.1, 0.15) is 52.9 Å². The number of hydrazine groups is 1. The number of amides is 1. The van der Waals surface area contributed by atoms with E-state index in [1.165, 1.54) is 0 Å². The first-order chi connectivity index (χ1) is 9.19. The second-order valence-electron chi connectivity index (χ2n) is 4.39. The lowest BCUT2D eigenvalue weighted by molar-refractivity contribution is -0.130. The van der Waals surface area contributed by atoms with Gasteiger partial charge in [0, 0.05) is 25.9 Å². The van der Waals surface area contributed by atoms with Gasteiger partial charge in [0.05, 0.1) is 6.04 Å². The summed E-state index contributed by atoms with van der Waals surface area (Å²) >= 11 is 0. The molecule has 19 heavy (non-hydrogen) atoms. The maximum absolute atomic E-state index is 11.8. The Hall–Kier alpha value is -0.940. The van der Waals surface area contributed by atoms with Crippen molar-refractivity contribution in [3.8, 4) is 0 Å². The second kappa shape index (κ2) is 10.9. The SMILES string of the molecule is CC.CCC(=O)C(CCC(=O)N1CCCC1)NNC. The van der Waals surface area contributed by atoms with Crippen molar-refractivity contribution in [2.45, 2.75) is 58.9 Å². The van der Waals surface area contributed by atoms with Crippen LogP contribution < -0.4 is 10.9 Å². The standard InChI is InChI=1S/C12H23N3O2.C2H6/c1-3-11(16)10(14-13-2)6-7-12(17)15-8-4-5-9-15;1-2/h10,13-14H,3-9H2,1-2H3;1-2H3. The summed E-state index contributed by atoms with van der Waals surface area (Å²) in [4.78, 5) is 25.3. The molecule has 1 saturated heterocycles. The van der Waals surface area contributed by atoms with E-state index in [0.717, 1.165) is 25.9 Å². The summed E-state index contributed by atoms with van der Waals surface area (Å²) in [5.74, 6) is 0.322. The minimum Gasteiger partial charge on any atom is -0.343 e. The molecule has 0 aromatic carbocycles. The Morgan fingerprint density at radius 3 is 2.26 bits per heavy atom. The molecule has 5 heteroatoms. The number of rotatable bonds is 7. The van der Waals surface area contributed by atoms with Gasteiger partial charge >= 0.3 is 0 Å². The van der Waals surface area contributed by atoms with Gasteiger partial charge in [0.25, 0.3) is 0 Å². The fourth-order valence-electron chi connectivity index (χ4n) is 2.13. The highest BCUT2D eigenvalue weighted by molar-refractivity contribution is 5.84. The van der Waals surface area contributed by atoms with Crippen molar-refractivity contribution < 1.29 is 9.59 Å². The van der Waals surface area contributed by atoms with E-state index < -0.39 is 0 Å². The molecule has 112 valence electrons. The zero-order valence-electron chi connectivity index (χ0n) is 12.8. The molecule has 0 radical (unpaired) electrons. The van der Waals surface area contributed by atoms with Gasteiger partial charge in [0.2, 0.25) is 5.91 Å². The molecule has 1 aliphatic heterocycles. The van der Waals surface area contributed by atoms with Crippen LogP contribution in [-0.2, 0) is 9.59 Å². The van der Waals surface area contributed by atoms with Crippen LogP contribution >= 0.6 is 0 Å². The van der Waals surface area contributed by atoms with E-state index in [9.17, 15) is 9.59 Å². The van der Waals surface area contributed by atoms with Gasteiger partial charge in [0.1, 0.15) is 0 Å². The number of carbonyl (C=O) groups excluding carboxylic acids is 2. The number of Topliss-reactive ketones (excluding diaryl/α,β-unsaturated/α-hetero) is 1. The van der Waals surface area contributed by atoms with Crippen molar-refractivity contribution >= 4 is 11.7 Å². The van der Waals surface area contributed by atoms with Crippen LogP contribution in [0.2, 0.25) is 0 Å². The summed E-state index contributed by atoms with van der Waals surface area (Å²) in [5.41, 5.74) is 5.69. The zero-order valence-corrected chi connectivity index (χ0v) is 12.8. The predicted molar refractivity (Wildman–Crippen MR) is 77.7 cm³/mol. The molecule has 5 nitrogen and oxygen atoms in total. The highest BCUT2D eigenvalue weighted by Gasteiger charge is 2.21. The molecule has 2 N–H and O–H groups in total. The summed E-state index contributed by atoms with van der Waals surface area (Å²) in [5, 5.41) is 0. The Morgan fingerprint density at radius 2 is 1.79 bits per heavy atom. The smallest absolute Gasteiger partial charge is 0.222 e. The first-order valence-corrected chi connectivity index (χ1v) is 7.41. The molecule has 1 aliphatic rings. The topological polar surface area (TPSA) is 61.4 Å². The molecule has 0 aromatic heterocycles. The van der Waals surface area contributed by atoms with Gasteiger partial charge in [-0.1, -0.05) is 20.8 Å². The fraction of sp³-hybridized carbons (Fsp3) is 0.857. The number of hydrogen-bond donors (Lipinski definition) is 2. The van der Waals surface area contributed by atoms with Crippen LogP contribution in [0.3, 0.4) is 0 Å². The number of carbonyl (C=O) groups is 2. The van der Waals surface area contributed by atoms with E-state index in [2.05, 4.69) is 10.9 Å². The molecule has 1 atom stereocenters. The third-order valence-corrected chi connectivity index (χ3v) is 3.16. The molecule has 1 fully saturated rings. The monoisotopic (exact) mass is 271 g/mol. The highest BCUT2D eigenvalue weighted by Crippen LogP contribution is 2.11. The molecule has 0 aromatic rings. The molecule has 0 aliphatic carbocycles. The van der Waals surface area contributed by atoms with E-state index >= 15 is 0 Å². The molecule has 0 bridgehead atoms. The van der Waals surface area contributed by atoms with Gasteiger partial charge in [-0.15, -0.1) is 0 Å². The summed E-state index contributed by atoms with van der Waals surface area (Å²) < 4.78 is 0. The van der Waals surface area contributed by atoms with Gasteiger partial charge in [0.15, 0.2) is 5.78 Å². The van der Waals surface area contributed by atoms with Crippen molar-refractivity contribution in [3.05, 3.63) is 0 Å². The Labute approximate surface area is 117 Å². The number of hydrogen-bond acceptors (Lipinski definition) is 4. The molecule has 0 spiro atoms. The van der Waals surface area contributed by atoms with Crippen molar-refractivity contribution in [1.82, 2.24) is 15.8 Å². The van der Waals surface area contributed by atoms with Crippen LogP contribution in [0.25, 0.3) is 0 Å². The number of likely N-dealkylation sites (tertiary alicyclic amines) is 1. The third-order valence-electron chi connectivity index (χ3n) is 3.16. The molecule has 1 unspecified atom stereocenters. The van der Waals surface area contributed by atoms with Gasteiger partial charge in [-0.05, 0) is 26.3 Å². The van der Waals surface area contributed by atoms with Crippen LogP contribution in [-0.4, -0.2) is 42.8 Å². The second-order valence-corrected chi connectivity index (χ2v) is 4.39. The summed E-state index contributed by atoms with van der Waals surface area (Å²) in [6.07, 6.45) is 3.74. The Balaban J connectivity index is 0.00000154. The third kappa shape index (κ3) is 6.68. The number of ketones is 1. The van der Waals surface area contributed by atoms with Crippen molar-refractivity contribution in [2.24, 2.45) is 0 Å². The molecule has 1 heterocycles. The first kappa shape index (κ1) is 18.1. The van der Waals surface area contributed by atoms with E-state index in [4.69, 9.17) is 0 Å². The van der Waals surface area contributed by atoms with Gasteiger partial charge in [-0.25, -0.2) is 5.43 Å². The van der Waals surface area contributed by atoms with Crippen LogP contribution in [0.15, 0.2) is 0 Å². The quantitative estimate of drug-likeness (QED) is 0.689. The highest BCUT2D eigenvalue weighted by atomic mass is 16.2. The zero-order chi connectivity index (χ0) is 14.7. The lowest BCUT2D eigenvalue weighted by Crippen LogP contribution is -2.44. The van der Waals surface area contributed by atoms with E-state index in [1.807, 2.05) is 25.7 Å².